The third-order valence-electron chi connectivity index (χ3n) is 5.52. The van der Waals surface area contributed by atoms with Crippen molar-refractivity contribution in [3.63, 3.8) is 0 Å². The van der Waals surface area contributed by atoms with E-state index >= 15 is 0 Å². The van der Waals surface area contributed by atoms with Gasteiger partial charge in [-0.25, -0.2) is 0 Å². The Kier molecular flexibility index (Phi) is 3.73. The minimum atomic E-state index is -0.877. The number of amides is 4. The first kappa shape index (κ1) is 14.2. The van der Waals surface area contributed by atoms with Gasteiger partial charge in [0.2, 0.25) is 0 Å². The van der Waals surface area contributed by atoms with Gasteiger partial charge in [0.05, 0.1) is 41.4 Å². The van der Waals surface area contributed by atoms with Crippen molar-refractivity contribution in [1.29, 1.82) is 0 Å². The SMILES string of the molecule is [2H]c1c([2H])c(Oc2c([2H])c([2H])c(C)c([2H])c2[2H])c([2H])c([2H])c1C.[2H]c1c([2H])c2c(c([2H])c1Oc1c([2H])c([2H])c3c(c1[2H])C(=O)N(C)C3=O)C(=O)N(C)C2=O. The van der Waals surface area contributed by atoms with Crippen molar-refractivity contribution in [2.24, 2.45) is 0 Å². The Balaban J connectivity index is 0.000000218. The number of ether oxygens (including phenoxy) is 2. The second kappa shape index (κ2) is 10.5. The molecule has 8 nitrogen and oxygen atoms in total. The van der Waals surface area contributed by atoms with Gasteiger partial charge in [0, 0.05) is 14.1 Å². The summed E-state index contributed by atoms with van der Waals surface area (Å²) in [6.07, 6.45) is 0. The van der Waals surface area contributed by atoms with Crippen molar-refractivity contribution in [2.75, 3.05) is 14.1 Å². The Hall–Kier alpha value is -5.24. The van der Waals surface area contributed by atoms with Gasteiger partial charge in [-0.3, -0.25) is 29.0 Å². The molecule has 4 amide bonds. The Morgan fingerprint density at radius 2 is 0.775 bits per heavy atom. The lowest BCUT2D eigenvalue weighted by Crippen LogP contribution is -2.24. The molecule has 0 N–H and O–H groups in total. The first-order valence-corrected chi connectivity index (χ1v) is 11.4. The van der Waals surface area contributed by atoms with Gasteiger partial charge < -0.3 is 9.47 Å². The zero-order valence-electron chi connectivity index (χ0n) is 35.3. The van der Waals surface area contributed by atoms with Crippen LogP contribution in [0.25, 0.3) is 0 Å². The van der Waals surface area contributed by atoms with E-state index in [-0.39, 0.29) is 35.3 Å². The minimum absolute atomic E-state index is 0.163. The fourth-order valence-electron chi connectivity index (χ4n) is 3.41. The van der Waals surface area contributed by atoms with Crippen LogP contribution in [0.5, 0.6) is 23.0 Å². The second-order valence-corrected chi connectivity index (χ2v) is 8.36. The van der Waals surface area contributed by atoms with E-state index < -0.39 is 129 Å². The lowest BCUT2D eigenvalue weighted by molar-refractivity contribution is 0.0678. The van der Waals surface area contributed by atoms with Crippen molar-refractivity contribution >= 4 is 23.6 Å². The maximum absolute atomic E-state index is 12.3. The highest BCUT2D eigenvalue weighted by Crippen LogP contribution is 2.31. The number of carbonyl (C=O) groups is 4. The molecule has 0 unspecified atom stereocenters. The van der Waals surface area contributed by atoms with Crippen LogP contribution in [0.15, 0.2) is 84.6 Å². The van der Waals surface area contributed by atoms with Crippen molar-refractivity contribution in [2.45, 2.75) is 13.8 Å². The van der Waals surface area contributed by atoms with Gasteiger partial charge in [-0.1, -0.05) is 35.3 Å². The summed E-state index contributed by atoms with van der Waals surface area (Å²) in [7, 11) is 2.31. The fourth-order valence-corrected chi connectivity index (χ4v) is 3.41. The highest BCUT2D eigenvalue weighted by Gasteiger charge is 2.34. The molecule has 40 heavy (non-hydrogen) atoms. The van der Waals surface area contributed by atoms with Crippen LogP contribution in [0.1, 0.15) is 71.7 Å². The standard InChI is InChI=1S/C18H12N2O5.C14H14O/c1-19-15(21)11-5-3-9(7-13(11)17(19)23)25-10-4-6-12-14(8-10)18(24)20(2)16(12)22;1-11-3-7-13(8-4-11)15-14-9-5-12(2)6-10-14/h3-8H,1-2H3;3-10H,1-2H3/i3D,4D,5D,6D,7D,8D;3D,4D,5D,6D,7D,8D,9D,10D. The molecule has 2 aliphatic heterocycles. The molecule has 0 aliphatic carbocycles. The molecule has 0 saturated carbocycles. The van der Waals surface area contributed by atoms with E-state index in [0.717, 1.165) is 14.1 Å². The summed E-state index contributed by atoms with van der Waals surface area (Å²) in [5, 5.41) is 0. The van der Waals surface area contributed by atoms with E-state index in [0.29, 0.717) is 9.80 Å². The molecule has 0 aromatic heterocycles. The zero-order valence-corrected chi connectivity index (χ0v) is 21.3. The van der Waals surface area contributed by atoms with Crippen LogP contribution < -0.4 is 9.47 Å². The zero-order chi connectivity index (χ0) is 40.7. The van der Waals surface area contributed by atoms with Crippen LogP contribution in [0, 0.1) is 13.8 Å². The Labute approximate surface area is 251 Å². The third-order valence-corrected chi connectivity index (χ3v) is 5.52. The predicted molar refractivity (Wildman–Crippen MR) is 148 cm³/mol. The molecule has 0 saturated heterocycles. The minimum Gasteiger partial charge on any atom is -0.457 e. The van der Waals surface area contributed by atoms with Crippen LogP contribution in [0.4, 0.5) is 0 Å². The van der Waals surface area contributed by atoms with Crippen LogP contribution in [-0.2, 0) is 0 Å². The number of benzene rings is 4. The number of carbonyl (C=O) groups excluding carboxylic acids is 4. The number of imide groups is 2. The second-order valence-electron chi connectivity index (χ2n) is 8.36. The summed E-state index contributed by atoms with van der Waals surface area (Å²) >= 11 is 0. The molecule has 0 spiro atoms. The topological polar surface area (TPSA) is 93.2 Å². The van der Waals surface area contributed by atoms with Gasteiger partial charge in [0.15, 0.2) is 0 Å². The summed E-state index contributed by atoms with van der Waals surface area (Å²) in [4.78, 5) is 50.5. The smallest absolute Gasteiger partial charge is 0.261 e. The monoisotopic (exact) mass is 548 g/mol. The highest BCUT2D eigenvalue weighted by molar-refractivity contribution is 6.22. The summed E-state index contributed by atoms with van der Waals surface area (Å²) in [5.74, 6) is -5.67. The average molecular weight is 549 g/mol. The predicted octanol–water partition coefficient (Wildman–Crippen LogP) is 6.03. The maximum atomic E-state index is 12.3. The Bertz CT molecular complexity index is 2210. The van der Waals surface area contributed by atoms with Crippen molar-refractivity contribution in [1.82, 2.24) is 9.80 Å². The molecule has 0 bridgehead atoms. The van der Waals surface area contributed by atoms with Crippen LogP contribution in [0.3, 0.4) is 0 Å². The molecule has 6 rings (SSSR count). The lowest BCUT2D eigenvalue weighted by atomic mass is 10.1. The van der Waals surface area contributed by atoms with Crippen LogP contribution >= 0.6 is 0 Å². The summed E-state index contributed by atoms with van der Waals surface area (Å²) in [6, 6.07) is -7.08. The molecule has 0 fully saturated rings. The van der Waals surface area contributed by atoms with Crippen molar-refractivity contribution < 1.29 is 47.8 Å². The van der Waals surface area contributed by atoms with Crippen LogP contribution in [-0.4, -0.2) is 47.5 Å². The number of nitrogens with zero attached hydrogens (tertiary/aromatic N) is 2. The van der Waals surface area contributed by atoms with Gasteiger partial charge >= 0.3 is 0 Å². The molecule has 4 aromatic carbocycles. The molecule has 2 aliphatic rings. The Morgan fingerprint density at radius 1 is 0.475 bits per heavy atom. The molecule has 4 aromatic rings. The first-order valence-electron chi connectivity index (χ1n) is 18.4. The highest BCUT2D eigenvalue weighted by atomic mass is 16.5. The molecular formula is C32H26N2O6. The largest absolute Gasteiger partial charge is 0.457 e. The summed E-state index contributed by atoms with van der Waals surface area (Å²) < 4.78 is 122. The number of fused-ring (bicyclic) bond motifs is 2. The lowest BCUT2D eigenvalue weighted by Gasteiger charge is -2.07. The Morgan fingerprint density at radius 3 is 1.15 bits per heavy atom. The summed E-state index contributed by atoms with van der Waals surface area (Å²) in [6.45, 7) is 2.90. The van der Waals surface area contributed by atoms with E-state index in [2.05, 4.69) is 0 Å². The van der Waals surface area contributed by atoms with E-state index in [1.807, 2.05) is 0 Å². The van der Waals surface area contributed by atoms with E-state index in [1.165, 1.54) is 13.8 Å². The fraction of sp³-hybridized carbons (Fsp3) is 0.125. The number of hydrogen-bond donors (Lipinski definition) is 0. The first-order chi connectivity index (χ1) is 25.0. The molecule has 2 heterocycles. The molecule has 0 radical (unpaired) electrons. The normalized spacial score (nSPS) is 18.5. The number of rotatable bonds is 4. The summed E-state index contributed by atoms with van der Waals surface area (Å²) in [5.41, 5.74) is -1.44. The van der Waals surface area contributed by atoms with Crippen molar-refractivity contribution in [3.05, 3.63) is 118 Å². The van der Waals surface area contributed by atoms with E-state index in [9.17, 15) is 19.2 Å². The molecule has 0 atom stereocenters. The van der Waals surface area contributed by atoms with Crippen molar-refractivity contribution in [3.8, 4) is 23.0 Å². The third kappa shape index (κ3) is 5.07. The average Bonchev–Trinajstić information content (AvgIpc) is 3.51. The molecular weight excluding hydrogens is 508 g/mol. The van der Waals surface area contributed by atoms with Gasteiger partial charge in [0.1, 0.15) is 23.0 Å². The number of hydrogen-bond acceptors (Lipinski definition) is 6. The van der Waals surface area contributed by atoms with Gasteiger partial charge in [0.25, 0.3) is 23.6 Å². The van der Waals surface area contributed by atoms with Gasteiger partial charge in [-0.05, 0) is 74.3 Å². The van der Waals surface area contributed by atoms with E-state index in [4.69, 9.17) is 28.7 Å². The molecule has 8 heteroatoms. The quantitative estimate of drug-likeness (QED) is 0.289. The van der Waals surface area contributed by atoms with E-state index in [1.54, 1.807) is 0 Å². The van der Waals surface area contributed by atoms with Crippen LogP contribution in [0.2, 0.25) is 0 Å². The molecule has 200 valence electrons. The van der Waals surface area contributed by atoms with Gasteiger partial charge in [-0.15, -0.1) is 0 Å². The maximum Gasteiger partial charge on any atom is 0.261 e. The van der Waals surface area contributed by atoms with Gasteiger partial charge in [-0.2, -0.15) is 0 Å².